The van der Waals surface area contributed by atoms with Crippen LogP contribution in [-0.2, 0) is 6.54 Å². The van der Waals surface area contributed by atoms with Crippen molar-refractivity contribution in [2.75, 3.05) is 13.1 Å². The fourth-order valence-corrected chi connectivity index (χ4v) is 3.42. The molecule has 1 aromatic heterocycles. The summed E-state index contributed by atoms with van der Waals surface area (Å²) >= 11 is 1.83. The molecule has 2 heterocycles. The first-order valence-electron chi connectivity index (χ1n) is 6.47. The Balaban J connectivity index is 2.01. The third kappa shape index (κ3) is 3.06. The van der Waals surface area contributed by atoms with E-state index in [0.717, 1.165) is 19.6 Å². The van der Waals surface area contributed by atoms with E-state index >= 15 is 0 Å². The lowest BCUT2D eigenvalue weighted by Gasteiger charge is -2.37. The van der Waals surface area contributed by atoms with Gasteiger partial charge in [0.05, 0.1) is 12.2 Å². The Morgan fingerprint density at radius 1 is 1.41 bits per heavy atom. The molecule has 1 fully saturated rings. The van der Waals surface area contributed by atoms with Crippen LogP contribution in [0.15, 0.2) is 0 Å². The Hall–Kier alpha value is -0.450. The van der Waals surface area contributed by atoms with E-state index in [9.17, 15) is 0 Å². The maximum absolute atomic E-state index is 5.79. The van der Waals surface area contributed by atoms with E-state index in [-0.39, 0.29) is 0 Å². The molecule has 96 valence electrons. The molecule has 1 aliphatic rings. The van der Waals surface area contributed by atoms with Gasteiger partial charge in [0.1, 0.15) is 5.01 Å². The molecule has 0 aromatic carbocycles. The van der Waals surface area contributed by atoms with Gasteiger partial charge in [0.15, 0.2) is 0 Å². The zero-order valence-corrected chi connectivity index (χ0v) is 11.9. The molecule has 2 unspecified atom stereocenters. The number of nitrogens with zero attached hydrogens (tertiary/aromatic N) is 2. The molecule has 0 radical (unpaired) electrons. The van der Waals surface area contributed by atoms with Gasteiger partial charge in [-0.3, -0.25) is 4.90 Å². The smallest absolute Gasteiger partial charge is 0.107 e. The SMILES string of the molecule is Cc1nc(CN2CC(CN)CCC2C)sc1C. The van der Waals surface area contributed by atoms with Crippen molar-refractivity contribution in [1.82, 2.24) is 9.88 Å². The number of rotatable bonds is 3. The topological polar surface area (TPSA) is 42.2 Å². The predicted octanol–water partition coefficient (Wildman–Crippen LogP) is 2.32. The van der Waals surface area contributed by atoms with Crippen LogP contribution in [0.3, 0.4) is 0 Å². The lowest BCUT2D eigenvalue weighted by atomic mass is 9.94. The van der Waals surface area contributed by atoms with Gasteiger partial charge in [-0.1, -0.05) is 0 Å². The predicted molar refractivity (Wildman–Crippen MR) is 73.2 cm³/mol. The summed E-state index contributed by atoms with van der Waals surface area (Å²) in [6.45, 7) is 9.52. The molecule has 1 aliphatic heterocycles. The summed E-state index contributed by atoms with van der Waals surface area (Å²) in [5.74, 6) is 0.674. The van der Waals surface area contributed by atoms with Gasteiger partial charge in [-0.2, -0.15) is 0 Å². The van der Waals surface area contributed by atoms with E-state index in [1.54, 1.807) is 0 Å². The van der Waals surface area contributed by atoms with Crippen LogP contribution in [-0.4, -0.2) is 29.0 Å². The van der Waals surface area contributed by atoms with Crippen molar-refractivity contribution in [2.24, 2.45) is 11.7 Å². The third-order valence-corrected chi connectivity index (χ3v) is 4.91. The van der Waals surface area contributed by atoms with Gasteiger partial charge < -0.3 is 5.73 Å². The monoisotopic (exact) mass is 253 g/mol. The summed E-state index contributed by atoms with van der Waals surface area (Å²) in [4.78, 5) is 8.52. The van der Waals surface area contributed by atoms with Gasteiger partial charge in [0, 0.05) is 17.5 Å². The molecule has 2 atom stereocenters. The number of aromatic nitrogens is 1. The van der Waals surface area contributed by atoms with Gasteiger partial charge in [-0.15, -0.1) is 11.3 Å². The molecule has 0 saturated carbocycles. The van der Waals surface area contributed by atoms with Crippen molar-refractivity contribution in [2.45, 2.75) is 46.2 Å². The molecule has 1 aromatic rings. The highest BCUT2D eigenvalue weighted by Gasteiger charge is 2.25. The van der Waals surface area contributed by atoms with Crippen molar-refractivity contribution in [3.05, 3.63) is 15.6 Å². The average molecular weight is 253 g/mol. The van der Waals surface area contributed by atoms with Crippen LogP contribution >= 0.6 is 11.3 Å². The molecule has 2 rings (SSSR count). The molecular weight excluding hydrogens is 230 g/mol. The fraction of sp³-hybridized carbons (Fsp3) is 0.769. The van der Waals surface area contributed by atoms with E-state index in [1.807, 2.05) is 11.3 Å². The Morgan fingerprint density at radius 3 is 2.76 bits per heavy atom. The van der Waals surface area contributed by atoms with E-state index in [0.29, 0.717) is 12.0 Å². The Labute approximate surface area is 108 Å². The second-order valence-corrected chi connectivity index (χ2v) is 6.49. The Kier molecular flexibility index (Phi) is 4.17. The van der Waals surface area contributed by atoms with E-state index < -0.39 is 0 Å². The van der Waals surface area contributed by atoms with Crippen LogP contribution in [0.4, 0.5) is 0 Å². The van der Waals surface area contributed by atoms with Crippen molar-refractivity contribution in [3.63, 3.8) is 0 Å². The van der Waals surface area contributed by atoms with Crippen molar-refractivity contribution < 1.29 is 0 Å². The molecule has 2 N–H and O–H groups in total. The van der Waals surface area contributed by atoms with Crippen LogP contribution in [0.5, 0.6) is 0 Å². The summed E-state index contributed by atoms with van der Waals surface area (Å²) in [7, 11) is 0. The quantitative estimate of drug-likeness (QED) is 0.899. The normalized spacial score (nSPS) is 26.4. The minimum absolute atomic E-state index is 0.669. The van der Waals surface area contributed by atoms with Gasteiger partial charge in [0.25, 0.3) is 0 Å². The number of hydrogen-bond acceptors (Lipinski definition) is 4. The summed E-state index contributed by atoms with van der Waals surface area (Å²) in [5.41, 5.74) is 6.98. The van der Waals surface area contributed by atoms with E-state index in [1.165, 1.54) is 28.4 Å². The largest absolute Gasteiger partial charge is 0.330 e. The summed E-state index contributed by atoms with van der Waals surface area (Å²) < 4.78 is 0. The van der Waals surface area contributed by atoms with Crippen molar-refractivity contribution in [3.8, 4) is 0 Å². The maximum atomic E-state index is 5.79. The van der Waals surface area contributed by atoms with Crippen LogP contribution in [0.1, 0.15) is 35.3 Å². The van der Waals surface area contributed by atoms with Crippen molar-refractivity contribution in [1.29, 1.82) is 0 Å². The van der Waals surface area contributed by atoms with E-state index in [2.05, 4.69) is 30.7 Å². The number of piperidine rings is 1. The zero-order valence-electron chi connectivity index (χ0n) is 11.1. The minimum Gasteiger partial charge on any atom is -0.330 e. The number of likely N-dealkylation sites (tertiary alicyclic amines) is 1. The minimum atomic E-state index is 0.669. The molecule has 17 heavy (non-hydrogen) atoms. The first kappa shape index (κ1) is 13.0. The number of thiazole rings is 1. The van der Waals surface area contributed by atoms with Crippen molar-refractivity contribution >= 4 is 11.3 Å². The molecule has 0 amide bonds. The van der Waals surface area contributed by atoms with Gasteiger partial charge in [-0.25, -0.2) is 4.98 Å². The fourth-order valence-electron chi connectivity index (χ4n) is 2.46. The highest BCUT2D eigenvalue weighted by atomic mass is 32.1. The Morgan fingerprint density at radius 2 is 2.18 bits per heavy atom. The molecule has 3 nitrogen and oxygen atoms in total. The lowest BCUT2D eigenvalue weighted by molar-refractivity contribution is 0.113. The third-order valence-electron chi connectivity index (χ3n) is 3.85. The molecule has 4 heteroatoms. The van der Waals surface area contributed by atoms with Gasteiger partial charge >= 0.3 is 0 Å². The average Bonchev–Trinajstić information content (AvgIpc) is 2.61. The number of nitrogens with two attached hydrogens (primary N) is 1. The Bertz CT molecular complexity index is 355. The van der Waals surface area contributed by atoms with E-state index in [4.69, 9.17) is 5.73 Å². The molecule has 0 spiro atoms. The molecule has 1 saturated heterocycles. The summed E-state index contributed by atoms with van der Waals surface area (Å²) in [5, 5.41) is 1.25. The summed E-state index contributed by atoms with van der Waals surface area (Å²) in [6.07, 6.45) is 2.55. The molecule has 0 aliphatic carbocycles. The number of aryl methyl sites for hydroxylation is 2. The maximum Gasteiger partial charge on any atom is 0.107 e. The lowest BCUT2D eigenvalue weighted by Crippen LogP contribution is -2.43. The van der Waals surface area contributed by atoms with Crippen LogP contribution in [0.2, 0.25) is 0 Å². The first-order chi connectivity index (χ1) is 8.10. The first-order valence-corrected chi connectivity index (χ1v) is 7.28. The molecule has 0 bridgehead atoms. The second-order valence-electron chi connectivity index (χ2n) is 5.21. The highest BCUT2D eigenvalue weighted by molar-refractivity contribution is 7.11. The second kappa shape index (κ2) is 5.46. The standard InChI is InChI=1S/C13H23N3S/c1-9-4-5-12(6-14)7-16(9)8-13-15-10(2)11(3)17-13/h9,12H,4-8,14H2,1-3H3. The van der Waals surface area contributed by atoms with Crippen LogP contribution < -0.4 is 5.73 Å². The highest BCUT2D eigenvalue weighted by Crippen LogP contribution is 2.25. The zero-order chi connectivity index (χ0) is 12.4. The van der Waals surface area contributed by atoms with Gasteiger partial charge in [0.2, 0.25) is 0 Å². The van der Waals surface area contributed by atoms with Crippen LogP contribution in [0.25, 0.3) is 0 Å². The molecular formula is C13H23N3S. The van der Waals surface area contributed by atoms with Crippen LogP contribution in [0, 0.1) is 19.8 Å². The van der Waals surface area contributed by atoms with Gasteiger partial charge in [-0.05, 0) is 46.1 Å². The number of hydrogen-bond donors (Lipinski definition) is 1. The summed E-state index contributed by atoms with van der Waals surface area (Å²) in [6, 6.07) is 0.669.